The summed E-state index contributed by atoms with van der Waals surface area (Å²) in [7, 11) is 0. The third kappa shape index (κ3) is 3.44. The third-order valence-electron chi connectivity index (χ3n) is 1.38. The molecule has 1 rings (SSSR count). The lowest BCUT2D eigenvalue weighted by atomic mass is 10.4. The number of thioether (sulfide) groups is 1. The second-order valence-corrected chi connectivity index (χ2v) is 3.61. The zero-order valence-corrected chi connectivity index (χ0v) is 7.60. The Bertz CT molecular complexity index is 246. The SMILES string of the molecule is N=C(N)CCSc1ccccc1. The zero-order valence-electron chi connectivity index (χ0n) is 6.79. The summed E-state index contributed by atoms with van der Waals surface area (Å²) >= 11 is 1.73. The molecule has 12 heavy (non-hydrogen) atoms. The van der Waals surface area contributed by atoms with E-state index in [1.807, 2.05) is 18.2 Å². The molecule has 0 aliphatic rings. The fourth-order valence-electron chi connectivity index (χ4n) is 0.796. The Hall–Kier alpha value is -0.960. The van der Waals surface area contributed by atoms with E-state index in [9.17, 15) is 0 Å². The summed E-state index contributed by atoms with van der Waals surface area (Å²) in [5, 5.41) is 7.02. The van der Waals surface area contributed by atoms with Gasteiger partial charge in [0.2, 0.25) is 0 Å². The molecule has 0 fully saturated rings. The van der Waals surface area contributed by atoms with Crippen molar-refractivity contribution in [3.05, 3.63) is 30.3 Å². The lowest BCUT2D eigenvalue weighted by Gasteiger charge is -1.99. The average molecular weight is 180 g/mol. The lowest BCUT2D eigenvalue weighted by molar-refractivity contribution is 1.22. The second kappa shape index (κ2) is 4.83. The van der Waals surface area contributed by atoms with Gasteiger partial charge in [-0.05, 0) is 12.1 Å². The first-order valence-electron chi connectivity index (χ1n) is 3.80. The molecule has 3 N–H and O–H groups in total. The highest BCUT2D eigenvalue weighted by atomic mass is 32.2. The Morgan fingerprint density at radius 1 is 1.33 bits per heavy atom. The normalized spacial score (nSPS) is 9.67. The molecule has 3 heteroatoms. The first-order valence-corrected chi connectivity index (χ1v) is 4.78. The molecule has 0 spiro atoms. The van der Waals surface area contributed by atoms with Crippen LogP contribution in [0.2, 0.25) is 0 Å². The maximum atomic E-state index is 7.02. The van der Waals surface area contributed by atoms with Gasteiger partial charge in [0.15, 0.2) is 0 Å². The summed E-state index contributed by atoms with van der Waals surface area (Å²) in [6, 6.07) is 10.1. The van der Waals surface area contributed by atoms with Crippen LogP contribution < -0.4 is 5.73 Å². The monoisotopic (exact) mass is 180 g/mol. The Balaban J connectivity index is 2.29. The molecule has 1 aromatic carbocycles. The van der Waals surface area contributed by atoms with Gasteiger partial charge < -0.3 is 5.73 Å². The number of rotatable bonds is 4. The van der Waals surface area contributed by atoms with Gasteiger partial charge in [0, 0.05) is 17.1 Å². The van der Waals surface area contributed by atoms with Crippen LogP contribution in [0.5, 0.6) is 0 Å². The van der Waals surface area contributed by atoms with Gasteiger partial charge in [-0.25, -0.2) is 0 Å². The number of nitrogens with one attached hydrogen (secondary N) is 1. The molecule has 2 nitrogen and oxygen atoms in total. The van der Waals surface area contributed by atoms with Gasteiger partial charge in [-0.2, -0.15) is 0 Å². The van der Waals surface area contributed by atoms with Crippen LogP contribution in [-0.2, 0) is 0 Å². The van der Waals surface area contributed by atoms with Crippen LogP contribution in [0.25, 0.3) is 0 Å². The van der Waals surface area contributed by atoms with Gasteiger partial charge in [0.05, 0.1) is 5.84 Å². The number of benzene rings is 1. The first-order chi connectivity index (χ1) is 5.79. The van der Waals surface area contributed by atoms with Gasteiger partial charge in [-0.3, -0.25) is 5.41 Å². The molecule has 0 radical (unpaired) electrons. The molecule has 0 saturated carbocycles. The zero-order chi connectivity index (χ0) is 8.81. The standard InChI is InChI=1S/C9H12N2S/c10-9(11)6-7-12-8-4-2-1-3-5-8/h1-5H,6-7H2,(H3,10,11). The number of amidine groups is 1. The van der Waals surface area contributed by atoms with Crippen molar-refractivity contribution in [3.63, 3.8) is 0 Å². The van der Waals surface area contributed by atoms with E-state index in [2.05, 4.69) is 12.1 Å². The molecule has 0 aliphatic heterocycles. The van der Waals surface area contributed by atoms with Gasteiger partial charge in [-0.15, -0.1) is 11.8 Å². The quantitative estimate of drug-likeness (QED) is 0.423. The summed E-state index contributed by atoms with van der Waals surface area (Å²) in [4.78, 5) is 1.23. The Morgan fingerprint density at radius 3 is 2.58 bits per heavy atom. The Morgan fingerprint density at radius 2 is 2.00 bits per heavy atom. The highest BCUT2D eigenvalue weighted by Gasteiger charge is 1.93. The van der Waals surface area contributed by atoms with Crippen molar-refractivity contribution in [2.75, 3.05) is 5.75 Å². The van der Waals surface area contributed by atoms with Gasteiger partial charge in [-0.1, -0.05) is 18.2 Å². The molecule has 0 bridgehead atoms. The minimum atomic E-state index is 0.262. The number of nitrogens with two attached hydrogens (primary N) is 1. The van der Waals surface area contributed by atoms with Crippen LogP contribution >= 0.6 is 11.8 Å². The van der Waals surface area contributed by atoms with Gasteiger partial charge in [0.25, 0.3) is 0 Å². The van der Waals surface area contributed by atoms with E-state index in [4.69, 9.17) is 11.1 Å². The minimum absolute atomic E-state index is 0.262. The molecule has 0 saturated heterocycles. The molecule has 0 amide bonds. The summed E-state index contributed by atoms with van der Waals surface area (Å²) < 4.78 is 0. The molecule has 64 valence electrons. The van der Waals surface area contributed by atoms with Crippen molar-refractivity contribution in [1.29, 1.82) is 5.41 Å². The van der Waals surface area contributed by atoms with Crippen LogP contribution in [-0.4, -0.2) is 11.6 Å². The van der Waals surface area contributed by atoms with Crippen LogP contribution in [0, 0.1) is 5.41 Å². The predicted molar refractivity (Wildman–Crippen MR) is 53.7 cm³/mol. The summed E-state index contributed by atoms with van der Waals surface area (Å²) in [6.45, 7) is 0. The van der Waals surface area contributed by atoms with Crippen molar-refractivity contribution >= 4 is 17.6 Å². The van der Waals surface area contributed by atoms with E-state index < -0.39 is 0 Å². The van der Waals surface area contributed by atoms with Gasteiger partial charge >= 0.3 is 0 Å². The van der Waals surface area contributed by atoms with Crippen molar-refractivity contribution in [3.8, 4) is 0 Å². The Kier molecular flexibility index (Phi) is 3.67. The second-order valence-electron chi connectivity index (χ2n) is 2.44. The van der Waals surface area contributed by atoms with Crippen LogP contribution in [0.3, 0.4) is 0 Å². The third-order valence-corrected chi connectivity index (χ3v) is 2.40. The van der Waals surface area contributed by atoms with Crippen LogP contribution in [0.4, 0.5) is 0 Å². The van der Waals surface area contributed by atoms with Crippen molar-refractivity contribution < 1.29 is 0 Å². The molecular weight excluding hydrogens is 168 g/mol. The highest BCUT2D eigenvalue weighted by Crippen LogP contribution is 2.17. The topological polar surface area (TPSA) is 49.9 Å². The van der Waals surface area contributed by atoms with E-state index in [1.54, 1.807) is 11.8 Å². The predicted octanol–water partition coefficient (Wildman–Crippen LogP) is 2.10. The van der Waals surface area contributed by atoms with Crippen LogP contribution in [0.15, 0.2) is 35.2 Å². The fourth-order valence-corrected chi connectivity index (χ4v) is 1.70. The summed E-state index contributed by atoms with van der Waals surface area (Å²) in [5.41, 5.74) is 5.23. The van der Waals surface area contributed by atoms with E-state index in [1.165, 1.54) is 4.90 Å². The van der Waals surface area contributed by atoms with E-state index in [-0.39, 0.29) is 5.84 Å². The van der Waals surface area contributed by atoms with Crippen LogP contribution in [0.1, 0.15) is 6.42 Å². The Labute approximate surface area is 76.7 Å². The fraction of sp³-hybridized carbons (Fsp3) is 0.222. The highest BCUT2D eigenvalue weighted by molar-refractivity contribution is 7.99. The largest absolute Gasteiger partial charge is 0.388 e. The van der Waals surface area contributed by atoms with Crippen molar-refractivity contribution in [1.82, 2.24) is 0 Å². The molecule has 0 heterocycles. The van der Waals surface area contributed by atoms with Crippen molar-refractivity contribution in [2.45, 2.75) is 11.3 Å². The molecule has 0 aromatic heterocycles. The number of hydrogen-bond acceptors (Lipinski definition) is 2. The average Bonchev–Trinajstić information content (AvgIpc) is 2.05. The summed E-state index contributed by atoms with van der Waals surface area (Å²) in [5.74, 6) is 1.15. The lowest BCUT2D eigenvalue weighted by Crippen LogP contribution is -2.09. The van der Waals surface area contributed by atoms with E-state index in [0.29, 0.717) is 6.42 Å². The van der Waals surface area contributed by atoms with E-state index >= 15 is 0 Å². The molecule has 0 aliphatic carbocycles. The van der Waals surface area contributed by atoms with E-state index in [0.717, 1.165) is 5.75 Å². The summed E-state index contributed by atoms with van der Waals surface area (Å²) in [6.07, 6.45) is 0.666. The maximum absolute atomic E-state index is 7.02. The first kappa shape index (κ1) is 9.13. The van der Waals surface area contributed by atoms with Gasteiger partial charge in [0.1, 0.15) is 0 Å². The minimum Gasteiger partial charge on any atom is -0.388 e. The van der Waals surface area contributed by atoms with Crippen molar-refractivity contribution in [2.24, 2.45) is 5.73 Å². The maximum Gasteiger partial charge on any atom is 0.0913 e. The smallest absolute Gasteiger partial charge is 0.0913 e. The molecule has 0 unspecified atom stereocenters. The molecule has 0 atom stereocenters. The molecule has 1 aromatic rings. The number of hydrogen-bond donors (Lipinski definition) is 2. The molecular formula is C9H12N2S.